The van der Waals surface area contributed by atoms with Crippen LogP contribution in [-0.4, -0.2) is 43.5 Å². The number of nitrogens with zero attached hydrogens (tertiary/aromatic N) is 2. The molecule has 1 heterocycles. The molecule has 0 spiro atoms. The lowest BCUT2D eigenvalue weighted by molar-refractivity contribution is -0.139. The molecule has 3 rings (SSSR count). The van der Waals surface area contributed by atoms with Crippen LogP contribution >= 0.6 is 15.9 Å². The van der Waals surface area contributed by atoms with Crippen molar-refractivity contribution in [2.24, 2.45) is 5.92 Å². The van der Waals surface area contributed by atoms with Gasteiger partial charge in [0.1, 0.15) is 24.1 Å². The normalized spacial score (nSPS) is 16.5. The minimum atomic E-state index is -0.667. The Morgan fingerprint density at radius 1 is 1.30 bits per heavy atom. The lowest BCUT2D eigenvalue weighted by Crippen LogP contribution is -2.39. The maximum Gasteiger partial charge on any atom is 0.239 e. The smallest absolute Gasteiger partial charge is 0.239 e. The molecule has 0 aliphatic carbocycles. The highest BCUT2D eigenvalue weighted by atomic mass is 79.9. The van der Waals surface area contributed by atoms with Crippen molar-refractivity contribution in [1.29, 1.82) is 0 Å². The summed E-state index contributed by atoms with van der Waals surface area (Å²) in [5.41, 5.74) is 0.784. The van der Waals surface area contributed by atoms with Gasteiger partial charge in [-0.05, 0) is 48.9 Å². The zero-order valence-electron chi connectivity index (χ0n) is 14.9. The summed E-state index contributed by atoms with van der Waals surface area (Å²) in [7, 11) is 1.66. The third-order valence-electron chi connectivity index (χ3n) is 4.51. The molecule has 1 saturated heterocycles. The summed E-state index contributed by atoms with van der Waals surface area (Å²) in [6, 6.07) is 13.2. The molecule has 2 aromatic rings. The van der Waals surface area contributed by atoms with Crippen molar-refractivity contribution in [3.8, 4) is 5.75 Å². The Kier molecular flexibility index (Phi) is 6.11. The van der Waals surface area contributed by atoms with Gasteiger partial charge in [-0.15, -0.1) is 0 Å². The third kappa shape index (κ3) is 4.66. The van der Waals surface area contributed by atoms with Gasteiger partial charge in [0.2, 0.25) is 11.8 Å². The highest BCUT2D eigenvalue weighted by Gasteiger charge is 2.38. The lowest BCUT2D eigenvalue weighted by Gasteiger charge is -2.21. The fourth-order valence-corrected chi connectivity index (χ4v) is 3.40. The number of ether oxygens (including phenoxy) is 1. The molecule has 0 radical (unpaired) electrons. The first-order chi connectivity index (χ1) is 13.0. The number of rotatable bonds is 6. The summed E-state index contributed by atoms with van der Waals surface area (Å²) in [4.78, 5) is 28.5. The summed E-state index contributed by atoms with van der Waals surface area (Å²) < 4.78 is 19.3. The molecular formula is C20H20BrFN2O3. The van der Waals surface area contributed by atoms with Gasteiger partial charge < -0.3 is 14.5 Å². The molecule has 142 valence electrons. The zero-order valence-corrected chi connectivity index (χ0v) is 16.5. The summed E-state index contributed by atoms with van der Waals surface area (Å²) in [6.07, 6.45) is 0.493. The fourth-order valence-electron chi connectivity index (χ4n) is 3.02. The molecule has 0 bridgehead atoms. The van der Waals surface area contributed by atoms with Crippen molar-refractivity contribution in [2.45, 2.75) is 6.42 Å². The predicted octanol–water partition coefficient (Wildman–Crippen LogP) is 3.48. The van der Waals surface area contributed by atoms with Crippen LogP contribution in [0.2, 0.25) is 0 Å². The lowest BCUT2D eigenvalue weighted by atomic mass is 10.1. The van der Waals surface area contributed by atoms with E-state index in [2.05, 4.69) is 15.9 Å². The number of carbonyl (C=O) groups excluding carboxylic acids is 2. The number of hydrogen-bond acceptors (Lipinski definition) is 3. The highest BCUT2D eigenvalue weighted by molar-refractivity contribution is 9.10. The van der Waals surface area contributed by atoms with E-state index < -0.39 is 5.92 Å². The van der Waals surface area contributed by atoms with Crippen LogP contribution in [0.4, 0.5) is 10.1 Å². The number of likely N-dealkylation sites (N-methyl/N-ethyl adjacent to an activating group) is 1. The zero-order chi connectivity index (χ0) is 19.4. The van der Waals surface area contributed by atoms with Crippen molar-refractivity contribution in [2.75, 3.05) is 31.6 Å². The number of amides is 2. The quantitative estimate of drug-likeness (QED) is 0.653. The second-order valence-electron chi connectivity index (χ2n) is 6.37. The van der Waals surface area contributed by atoms with Crippen LogP contribution in [0.5, 0.6) is 5.75 Å². The van der Waals surface area contributed by atoms with Crippen LogP contribution in [0.3, 0.4) is 0 Å². The molecule has 2 amide bonds. The van der Waals surface area contributed by atoms with Crippen LogP contribution in [-0.2, 0) is 9.59 Å². The SMILES string of the molecule is CN(CCOc1ccc(F)cc1)C(=O)[C@H]1CCN(c2cccc(Br)c2)C1=O. The topological polar surface area (TPSA) is 49.9 Å². The molecule has 7 heteroatoms. The molecule has 0 saturated carbocycles. The standard InChI is InChI=1S/C20H20BrFN2O3/c1-23(11-12-27-17-7-5-15(22)6-8-17)19(25)18-9-10-24(20(18)26)16-4-2-3-14(21)13-16/h2-8,13,18H,9-12H2,1H3/t18-/m1/s1. The fraction of sp³-hybridized carbons (Fsp3) is 0.300. The van der Waals surface area contributed by atoms with E-state index in [1.54, 1.807) is 11.9 Å². The summed E-state index contributed by atoms with van der Waals surface area (Å²) in [6.45, 7) is 1.13. The first-order valence-electron chi connectivity index (χ1n) is 8.66. The van der Waals surface area contributed by atoms with E-state index >= 15 is 0 Å². The first kappa shape index (κ1) is 19.4. The molecule has 27 heavy (non-hydrogen) atoms. The van der Waals surface area contributed by atoms with Crippen LogP contribution in [0.1, 0.15) is 6.42 Å². The van der Waals surface area contributed by atoms with Gasteiger partial charge in [-0.3, -0.25) is 9.59 Å². The van der Waals surface area contributed by atoms with Crippen molar-refractivity contribution in [1.82, 2.24) is 4.90 Å². The number of halogens is 2. The second-order valence-corrected chi connectivity index (χ2v) is 7.29. The monoisotopic (exact) mass is 434 g/mol. The molecule has 0 unspecified atom stereocenters. The van der Waals surface area contributed by atoms with Crippen molar-refractivity contribution in [3.05, 3.63) is 58.8 Å². The van der Waals surface area contributed by atoms with Crippen molar-refractivity contribution < 1.29 is 18.7 Å². The van der Waals surface area contributed by atoms with E-state index in [-0.39, 0.29) is 24.2 Å². The van der Waals surface area contributed by atoms with E-state index in [9.17, 15) is 14.0 Å². The highest BCUT2D eigenvalue weighted by Crippen LogP contribution is 2.28. The molecule has 1 atom stereocenters. The summed E-state index contributed by atoms with van der Waals surface area (Å²) in [5.74, 6) is -0.844. The minimum Gasteiger partial charge on any atom is -0.492 e. The Labute approximate surface area is 165 Å². The number of anilines is 1. The maximum absolute atomic E-state index is 12.9. The molecule has 1 aliphatic heterocycles. The molecule has 5 nitrogen and oxygen atoms in total. The number of hydrogen-bond donors (Lipinski definition) is 0. The van der Waals surface area contributed by atoms with E-state index in [1.165, 1.54) is 29.2 Å². The van der Waals surface area contributed by atoms with Gasteiger partial charge in [-0.25, -0.2) is 4.39 Å². The Balaban J connectivity index is 1.54. The number of benzene rings is 2. The van der Waals surface area contributed by atoms with Crippen LogP contribution in [0.15, 0.2) is 53.0 Å². The first-order valence-corrected chi connectivity index (χ1v) is 9.45. The molecule has 1 aliphatic rings. The van der Waals surface area contributed by atoms with Crippen LogP contribution < -0.4 is 9.64 Å². The predicted molar refractivity (Wildman–Crippen MR) is 104 cm³/mol. The van der Waals surface area contributed by atoms with E-state index in [0.29, 0.717) is 25.3 Å². The Morgan fingerprint density at radius 3 is 2.74 bits per heavy atom. The van der Waals surface area contributed by atoms with E-state index in [4.69, 9.17) is 4.74 Å². The minimum absolute atomic E-state index is 0.176. The van der Waals surface area contributed by atoms with Crippen molar-refractivity contribution >= 4 is 33.4 Å². The average Bonchev–Trinajstić information content (AvgIpc) is 3.04. The Morgan fingerprint density at radius 2 is 2.04 bits per heavy atom. The van der Waals surface area contributed by atoms with Crippen LogP contribution in [0, 0.1) is 11.7 Å². The van der Waals surface area contributed by atoms with Crippen LogP contribution in [0.25, 0.3) is 0 Å². The van der Waals surface area contributed by atoms with Gasteiger partial charge in [-0.2, -0.15) is 0 Å². The molecular weight excluding hydrogens is 415 g/mol. The van der Waals surface area contributed by atoms with Gasteiger partial charge in [0.25, 0.3) is 0 Å². The van der Waals surface area contributed by atoms with Crippen molar-refractivity contribution in [3.63, 3.8) is 0 Å². The largest absolute Gasteiger partial charge is 0.492 e. The molecule has 2 aromatic carbocycles. The Hall–Kier alpha value is -2.41. The van der Waals surface area contributed by atoms with Gasteiger partial charge in [0.05, 0.1) is 6.54 Å². The van der Waals surface area contributed by atoms with E-state index in [1.807, 2.05) is 24.3 Å². The summed E-state index contributed by atoms with van der Waals surface area (Å²) >= 11 is 3.40. The molecule has 0 aromatic heterocycles. The van der Waals surface area contributed by atoms with Gasteiger partial charge in [0.15, 0.2) is 0 Å². The third-order valence-corrected chi connectivity index (χ3v) is 5.00. The Bertz CT molecular complexity index is 828. The molecule has 1 fully saturated rings. The molecule has 0 N–H and O–H groups in total. The number of carbonyl (C=O) groups is 2. The average molecular weight is 435 g/mol. The maximum atomic E-state index is 12.9. The summed E-state index contributed by atoms with van der Waals surface area (Å²) in [5, 5.41) is 0. The van der Waals surface area contributed by atoms with Gasteiger partial charge in [-0.1, -0.05) is 22.0 Å². The van der Waals surface area contributed by atoms with Gasteiger partial charge in [0, 0.05) is 23.8 Å². The second kappa shape index (κ2) is 8.52. The van der Waals surface area contributed by atoms with E-state index in [0.717, 1.165) is 10.2 Å². The van der Waals surface area contributed by atoms with Gasteiger partial charge >= 0.3 is 0 Å².